The summed E-state index contributed by atoms with van der Waals surface area (Å²) in [6.07, 6.45) is 0. The highest BCUT2D eigenvalue weighted by Crippen LogP contribution is 2.31. The summed E-state index contributed by atoms with van der Waals surface area (Å²) >= 11 is 7.46. The number of nitro benzene ring substituents is 1. The molecule has 0 fully saturated rings. The molecule has 0 bridgehead atoms. The number of benzene rings is 2. The van der Waals surface area contributed by atoms with Gasteiger partial charge in [0.25, 0.3) is 5.69 Å². The fourth-order valence-corrected chi connectivity index (χ4v) is 3.75. The first kappa shape index (κ1) is 18.1. The minimum atomic E-state index is -1.27. The number of aromatic carboxylic acids is 1. The first-order chi connectivity index (χ1) is 13.3. The number of aromatic nitrogens is 3. The van der Waals surface area contributed by atoms with E-state index in [2.05, 4.69) is 10.1 Å². The van der Waals surface area contributed by atoms with Crippen LogP contribution in [0.3, 0.4) is 0 Å². The normalized spacial score (nSPS) is 11.1. The van der Waals surface area contributed by atoms with Crippen molar-refractivity contribution in [2.45, 2.75) is 6.92 Å². The van der Waals surface area contributed by atoms with Crippen molar-refractivity contribution in [2.75, 3.05) is 0 Å². The summed E-state index contributed by atoms with van der Waals surface area (Å²) in [4.78, 5) is 26.5. The van der Waals surface area contributed by atoms with E-state index in [0.29, 0.717) is 21.4 Å². The van der Waals surface area contributed by atoms with Gasteiger partial charge in [-0.3, -0.25) is 10.1 Å². The average Bonchev–Trinajstić information content (AvgIpc) is 3.28. The Morgan fingerprint density at radius 1 is 1.29 bits per heavy atom. The topological polar surface area (TPSA) is 111 Å². The van der Waals surface area contributed by atoms with E-state index >= 15 is 0 Å². The van der Waals surface area contributed by atoms with E-state index in [9.17, 15) is 20.0 Å². The van der Waals surface area contributed by atoms with Gasteiger partial charge >= 0.3 is 5.97 Å². The van der Waals surface area contributed by atoms with Gasteiger partial charge in [-0.25, -0.2) is 14.5 Å². The highest BCUT2D eigenvalue weighted by Gasteiger charge is 2.21. The molecule has 2 aromatic heterocycles. The van der Waals surface area contributed by atoms with E-state index in [4.69, 9.17) is 11.6 Å². The highest BCUT2D eigenvalue weighted by atomic mass is 35.5. The van der Waals surface area contributed by atoms with Gasteiger partial charge in [-0.2, -0.15) is 5.10 Å². The van der Waals surface area contributed by atoms with Crippen LogP contribution in [0.5, 0.6) is 0 Å². The standard InChI is InChI=1S/C18H11ClN4O4S/c1-9-2-3-10(6-13(9)19)14-8-28-18(20-14)22-15-5-4-11(23(26)27)7-12(15)16(21-22)17(24)25/h2-8H,1H3,(H,24,25). The molecule has 0 aliphatic heterocycles. The van der Waals surface area contributed by atoms with Crippen molar-refractivity contribution >= 4 is 45.5 Å². The SMILES string of the molecule is Cc1ccc(-c2csc(-n3nc(C(=O)O)c4cc([N+](=O)[O-])ccc43)n2)cc1Cl. The molecule has 0 spiro atoms. The van der Waals surface area contributed by atoms with Gasteiger partial charge in [0, 0.05) is 33.5 Å². The second kappa shape index (κ2) is 6.70. The third-order valence-electron chi connectivity index (χ3n) is 4.22. The van der Waals surface area contributed by atoms with Crippen molar-refractivity contribution in [3.63, 3.8) is 0 Å². The molecule has 0 atom stereocenters. The van der Waals surface area contributed by atoms with Crippen LogP contribution in [0.1, 0.15) is 16.1 Å². The van der Waals surface area contributed by atoms with E-state index in [0.717, 1.165) is 11.1 Å². The third kappa shape index (κ3) is 3.00. The van der Waals surface area contributed by atoms with Gasteiger partial charge in [0.2, 0.25) is 5.13 Å². The molecule has 2 aromatic carbocycles. The maximum atomic E-state index is 11.6. The lowest BCUT2D eigenvalue weighted by molar-refractivity contribution is -0.384. The van der Waals surface area contributed by atoms with Crippen LogP contribution >= 0.6 is 22.9 Å². The van der Waals surface area contributed by atoms with Crippen LogP contribution in [0.2, 0.25) is 5.02 Å². The number of carbonyl (C=O) groups is 1. The number of fused-ring (bicyclic) bond motifs is 1. The van der Waals surface area contributed by atoms with Crippen LogP contribution in [0.4, 0.5) is 5.69 Å². The summed E-state index contributed by atoms with van der Waals surface area (Å²) in [5, 5.41) is 27.6. The molecule has 0 radical (unpaired) electrons. The molecule has 0 aliphatic carbocycles. The Hall–Kier alpha value is -3.30. The second-order valence-electron chi connectivity index (χ2n) is 6.00. The second-order valence-corrected chi connectivity index (χ2v) is 7.25. The van der Waals surface area contributed by atoms with Gasteiger partial charge in [-0.1, -0.05) is 23.7 Å². The summed E-state index contributed by atoms with van der Waals surface area (Å²) in [5.74, 6) is -1.27. The predicted molar refractivity (Wildman–Crippen MR) is 106 cm³/mol. The molecular formula is C18H11ClN4O4S. The van der Waals surface area contributed by atoms with Crippen LogP contribution < -0.4 is 0 Å². The molecule has 28 heavy (non-hydrogen) atoms. The number of aryl methyl sites for hydroxylation is 1. The Labute approximate surface area is 166 Å². The maximum absolute atomic E-state index is 11.6. The van der Waals surface area contributed by atoms with Gasteiger partial charge in [-0.15, -0.1) is 11.3 Å². The zero-order valence-electron chi connectivity index (χ0n) is 14.3. The van der Waals surface area contributed by atoms with Gasteiger partial charge in [0.1, 0.15) is 0 Å². The number of hydrogen-bond acceptors (Lipinski definition) is 6. The Balaban J connectivity index is 1.85. The molecule has 2 heterocycles. The summed E-state index contributed by atoms with van der Waals surface area (Å²) in [6.45, 7) is 1.90. The van der Waals surface area contributed by atoms with Crippen molar-refractivity contribution in [2.24, 2.45) is 0 Å². The number of rotatable bonds is 4. The van der Waals surface area contributed by atoms with Crippen molar-refractivity contribution < 1.29 is 14.8 Å². The van der Waals surface area contributed by atoms with Crippen LogP contribution in [-0.2, 0) is 0 Å². The minimum absolute atomic E-state index is 0.178. The molecule has 0 saturated carbocycles. The fourth-order valence-electron chi connectivity index (χ4n) is 2.77. The number of carboxylic acids is 1. The smallest absolute Gasteiger partial charge is 0.357 e. The Bertz CT molecular complexity index is 1260. The molecule has 4 rings (SSSR count). The zero-order chi connectivity index (χ0) is 20.0. The van der Waals surface area contributed by atoms with Crippen LogP contribution in [-0.4, -0.2) is 30.8 Å². The van der Waals surface area contributed by atoms with Crippen molar-refractivity contribution in [1.82, 2.24) is 14.8 Å². The van der Waals surface area contributed by atoms with E-state index in [1.54, 1.807) is 0 Å². The third-order valence-corrected chi connectivity index (χ3v) is 5.44. The lowest BCUT2D eigenvalue weighted by Crippen LogP contribution is -2.01. The van der Waals surface area contributed by atoms with Gasteiger partial charge in [0.05, 0.1) is 16.1 Å². The zero-order valence-corrected chi connectivity index (χ0v) is 15.9. The first-order valence-corrected chi connectivity index (χ1v) is 9.24. The number of non-ortho nitro benzene ring substituents is 1. The molecule has 0 amide bonds. The Morgan fingerprint density at radius 2 is 2.07 bits per heavy atom. The quantitative estimate of drug-likeness (QED) is 0.382. The monoisotopic (exact) mass is 414 g/mol. The lowest BCUT2D eigenvalue weighted by Gasteiger charge is -2.01. The highest BCUT2D eigenvalue weighted by molar-refractivity contribution is 7.12. The lowest BCUT2D eigenvalue weighted by atomic mass is 10.1. The van der Waals surface area contributed by atoms with E-state index in [1.807, 2.05) is 30.5 Å². The summed E-state index contributed by atoms with van der Waals surface area (Å²) in [6, 6.07) is 9.57. The predicted octanol–water partition coefficient (Wildman–Crippen LogP) is 4.72. The molecule has 0 unspecified atom stereocenters. The summed E-state index contributed by atoms with van der Waals surface area (Å²) < 4.78 is 1.38. The largest absolute Gasteiger partial charge is 0.476 e. The summed E-state index contributed by atoms with van der Waals surface area (Å²) in [7, 11) is 0. The van der Waals surface area contributed by atoms with Gasteiger partial charge in [0.15, 0.2) is 5.69 Å². The minimum Gasteiger partial charge on any atom is -0.476 e. The molecule has 10 heteroatoms. The summed E-state index contributed by atoms with van der Waals surface area (Å²) in [5.41, 5.74) is 2.39. The number of carboxylic acid groups (broad SMARTS) is 1. The van der Waals surface area contributed by atoms with Crippen LogP contribution in [0.25, 0.3) is 27.3 Å². The van der Waals surface area contributed by atoms with E-state index < -0.39 is 10.9 Å². The number of halogens is 1. The molecule has 1 N–H and O–H groups in total. The molecule has 4 aromatic rings. The van der Waals surface area contributed by atoms with Crippen molar-refractivity contribution in [1.29, 1.82) is 0 Å². The average molecular weight is 415 g/mol. The van der Waals surface area contributed by atoms with Crippen LogP contribution in [0, 0.1) is 17.0 Å². The Morgan fingerprint density at radius 3 is 2.75 bits per heavy atom. The van der Waals surface area contributed by atoms with E-state index in [1.165, 1.54) is 34.2 Å². The molecule has 8 nitrogen and oxygen atoms in total. The molecular weight excluding hydrogens is 404 g/mol. The van der Waals surface area contributed by atoms with Crippen molar-refractivity contribution in [3.8, 4) is 16.4 Å². The maximum Gasteiger partial charge on any atom is 0.357 e. The molecule has 140 valence electrons. The number of nitro groups is 1. The van der Waals surface area contributed by atoms with Gasteiger partial charge < -0.3 is 5.11 Å². The fraction of sp³-hybridized carbons (Fsp3) is 0.0556. The number of nitrogens with zero attached hydrogens (tertiary/aromatic N) is 4. The molecule has 0 aliphatic rings. The molecule has 0 saturated heterocycles. The van der Waals surface area contributed by atoms with Gasteiger partial charge in [-0.05, 0) is 24.6 Å². The Kier molecular flexibility index (Phi) is 4.33. The van der Waals surface area contributed by atoms with E-state index in [-0.39, 0.29) is 16.8 Å². The van der Waals surface area contributed by atoms with Crippen molar-refractivity contribution in [3.05, 3.63) is 68.2 Å². The number of hydrogen-bond donors (Lipinski definition) is 1. The van der Waals surface area contributed by atoms with Crippen LogP contribution in [0.15, 0.2) is 41.8 Å². The number of thiazole rings is 1. The first-order valence-electron chi connectivity index (χ1n) is 7.98.